The first-order chi connectivity index (χ1) is 20.4. The fourth-order valence-electron chi connectivity index (χ4n) is 4.10. The second-order valence-corrected chi connectivity index (χ2v) is 9.89. The zero-order valence-electron chi connectivity index (χ0n) is 23.2. The van der Waals surface area contributed by atoms with Gasteiger partial charge in [0.2, 0.25) is 17.5 Å². The van der Waals surface area contributed by atoms with Gasteiger partial charge < -0.3 is 29.6 Å². The molecular weight excluding hydrogens is 547 g/mol. The molecule has 0 spiro atoms. The molecule has 2 heterocycles. The molecule has 2 aromatic carbocycles. The van der Waals surface area contributed by atoms with E-state index >= 15 is 0 Å². The molecule has 4 aromatic rings. The summed E-state index contributed by atoms with van der Waals surface area (Å²) in [4.78, 5) is 32.8. The van der Waals surface area contributed by atoms with Crippen molar-refractivity contribution >= 4 is 11.9 Å². The monoisotopic (exact) mass is 578 g/mol. The Kier molecular flexibility index (Phi) is 8.86. The van der Waals surface area contributed by atoms with Crippen LogP contribution in [0.2, 0.25) is 0 Å². The van der Waals surface area contributed by atoms with Crippen LogP contribution in [-0.2, 0) is 9.53 Å². The number of amides is 1. The standard InChI is InChI=1S/C29H31FN6O6/c1-3-19(15-39-24(37)14-31)32-27(38)21-12-9-18(13-22(21)30)26-34-29(42-36-26)23(4-2)40-20-10-7-16(8-11-20)25-33-28(41-35-25)17-5-6-17/h7-13,17,19,23H,3-6,14-15,31H2,1-2H3,(H,32,38)/t19-,23?/m0/s1. The molecule has 0 aliphatic heterocycles. The van der Waals surface area contributed by atoms with Gasteiger partial charge in [0.05, 0.1) is 18.2 Å². The topological polar surface area (TPSA) is 168 Å². The van der Waals surface area contributed by atoms with E-state index in [0.29, 0.717) is 41.8 Å². The summed E-state index contributed by atoms with van der Waals surface area (Å²) in [6, 6.07) is 10.8. The minimum Gasteiger partial charge on any atom is -0.481 e. The smallest absolute Gasteiger partial charge is 0.319 e. The summed E-state index contributed by atoms with van der Waals surface area (Å²) in [6.45, 7) is 3.39. The van der Waals surface area contributed by atoms with Crippen LogP contribution in [0.15, 0.2) is 51.5 Å². The quantitative estimate of drug-likeness (QED) is 0.216. The molecule has 1 aliphatic carbocycles. The summed E-state index contributed by atoms with van der Waals surface area (Å²) < 4.78 is 36.8. The number of rotatable bonds is 13. The summed E-state index contributed by atoms with van der Waals surface area (Å²) in [5.41, 5.74) is 6.19. The van der Waals surface area contributed by atoms with Crippen molar-refractivity contribution in [1.29, 1.82) is 0 Å². The van der Waals surface area contributed by atoms with Gasteiger partial charge in [-0.2, -0.15) is 9.97 Å². The number of nitrogens with two attached hydrogens (primary N) is 1. The molecule has 2 atom stereocenters. The molecule has 42 heavy (non-hydrogen) atoms. The number of hydrogen-bond acceptors (Lipinski definition) is 11. The molecule has 1 fully saturated rings. The van der Waals surface area contributed by atoms with Crippen molar-refractivity contribution in [3.8, 4) is 28.5 Å². The van der Waals surface area contributed by atoms with Crippen molar-refractivity contribution in [3.05, 3.63) is 65.6 Å². The zero-order valence-corrected chi connectivity index (χ0v) is 23.2. The first-order valence-corrected chi connectivity index (χ1v) is 13.8. The van der Waals surface area contributed by atoms with Crippen LogP contribution in [0, 0.1) is 5.82 Å². The third-order valence-electron chi connectivity index (χ3n) is 6.76. The predicted molar refractivity (Wildman–Crippen MR) is 147 cm³/mol. The van der Waals surface area contributed by atoms with E-state index in [1.54, 1.807) is 19.1 Å². The largest absolute Gasteiger partial charge is 0.481 e. The number of carbonyl (C=O) groups excluding carboxylic acids is 2. The first kappa shape index (κ1) is 28.9. The molecule has 0 bridgehead atoms. The number of nitrogens with one attached hydrogen (secondary N) is 1. The second-order valence-electron chi connectivity index (χ2n) is 9.89. The average molecular weight is 579 g/mol. The highest BCUT2D eigenvalue weighted by molar-refractivity contribution is 5.95. The number of halogens is 1. The Morgan fingerprint density at radius 1 is 1.02 bits per heavy atom. The third kappa shape index (κ3) is 6.79. The van der Waals surface area contributed by atoms with Gasteiger partial charge in [0.1, 0.15) is 18.2 Å². The summed E-state index contributed by atoms with van der Waals surface area (Å²) in [6.07, 6.45) is 2.63. The zero-order chi connectivity index (χ0) is 29.6. The van der Waals surface area contributed by atoms with E-state index in [0.717, 1.165) is 24.5 Å². The van der Waals surface area contributed by atoms with E-state index < -0.39 is 29.8 Å². The molecule has 1 saturated carbocycles. The lowest BCUT2D eigenvalue weighted by atomic mass is 10.1. The number of benzene rings is 2. The van der Waals surface area contributed by atoms with Gasteiger partial charge in [0.25, 0.3) is 11.8 Å². The third-order valence-corrected chi connectivity index (χ3v) is 6.76. The highest BCUT2D eigenvalue weighted by Crippen LogP contribution is 2.39. The van der Waals surface area contributed by atoms with Crippen LogP contribution >= 0.6 is 0 Å². The molecule has 0 radical (unpaired) electrons. The van der Waals surface area contributed by atoms with Crippen LogP contribution in [0.1, 0.15) is 73.7 Å². The maximum Gasteiger partial charge on any atom is 0.319 e. The van der Waals surface area contributed by atoms with Gasteiger partial charge in [-0.3, -0.25) is 9.59 Å². The first-order valence-electron chi connectivity index (χ1n) is 13.8. The maximum atomic E-state index is 14.9. The number of nitrogens with zero attached hydrogens (tertiary/aromatic N) is 4. The molecule has 0 saturated heterocycles. The van der Waals surface area contributed by atoms with Crippen molar-refractivity contribution in [2.45, 2.75) is 57.6 Å². The van der Waals surface area contributed by atoms with Gasteiger partial charge in [-0.15, -0.1) is 0 Å². The highest BCUT2D eigenvalue weighted by Gasteiger charge is 2.30. The molecule has 2 aromatic heterocycles. The summed E-state index contributed by atoms with van der Waals surface area (Å²) >= 11 is 0. The molecule has 12 nitrogen and oxygen atoms in total. The Bertz CT molecular complexity index is 1530. The average Bonchev–Trinajstić information content (AvgIpc) is 3.53. The predicted octanol–water partition coefficient (Wildman–Crippen LogP) is 4.34. The Morgan fingerprint density at radius 2 is 1.74 bits per heavy atom. The molecule has 220 valence electrons. The number of carbonyl (C=O) groups is 2. The Labute approximate surface area is 240 Å². The number of ether oxygens (including phenoxy) is 2. The van der Waals surface area contributed by atoms with Crippen LogP contribution in [-0.4, -0.2) is 51.4 Å². The van der Waals surface area contributed by atoms with Crippen LogP contribution in [0.4, 0.5) is 4.39 Å². The van der Waals surface area contributed by atoms with Crippen LogP contribution in [0.5, 0.6) is 5.75 Å². The van der Waals surface area contributed by atoms with Gasteiger partial charge in [-0.1, -0.05) is 30.2 Å². The van der Waals surface area contributed by atoms with Gasteiger partial charge >= 0.3 is 5.97 Å². The van der Waals surface area contributed by atoms with Crippen molar-refractivity contribution in [2.24, 2.45) is 5.73 Å². The van der Waals surface area contributed by atoms with Gasteiger partial charge in [0, 0.05) is 17.0 Å². The van der Waals surface area contributed by atoms with E-state index in [2.05, 4.69) is 25.6 Å². The van der Waals surface area contributed by atoms with E-state index in [9.17, 15) is 14.0 Å². The summed E-state index contributed by atoms with van der Waals surface area (Å²) in [7, 11) is 0. The van der Waals surface area contributed by atoms with Crippen LogP contribution in [0.25, 0.3) is 22.8 Å². The van der Waals surface area contributed by atoms with E-state index in [4.69, 9.17) is 24.3 Å². The van der Waals surface area contributed by atoms with Crippen molar-refractivity contribution in [2.75, 3.05) is 13.2 Å². The van der Waals surface area contributed by atoms with Crippen molar-refractivity contribution in [3.63, 3.8) is 0 Å². The summed E-state index contributed by atoms with van der Waals surface area (Å²) in [5.74, 6) is 0.555. The van der Waals surface area contributed by atoms with Gasteiger partial charge in [-0.05, 0) is 62.1 Å². The minimum atomic E-state index is -0.764. The lowest BCUT2D eigenvalue weighted by molar-refractivity contribution is -0.142. The highest BCUT2D eigenvalue weighted by atomic mass is 19.1. The molecule has 1 amide bonds. The van der Waals surface area contributed by atoms with Gasteiger partial charge in [0.15, 0.2) is 6.10 Å². The second kappa shape index (κ2) is 12.9. The normalized spacial score (nSPS) is 14.3. The number of aromatic nitrogens is 4. The Hall–Kier alpha value is -4.65. The van der Waals surface area contributed by atoms with Crippen LogP contribution in [0.3, 0.4) is 0 Å². The van der Waals surface area contributed by atoms with Crippen molar-refractivity contribution < 1.29 is 32.5 Å². The van der Waals surface area contributed by atoms with Gasteiger partial charge in [-0.25, -0.2) is 4.39 Å². The molecule has 5 rings (SSSR count). The number of esters is 1. The molecular formula is C29H31FN6O6. The maximum absolute atomic E-state index is 14.9. The lowest BCUT2D eigenvalue weighted by Crippen LogP contribution is -2.39. The van der Waals surface area contributed by atoms with E-state index in [1.165, 1.54) is 12.1 Å². The molecule has 1 aliphatic rings. The molecule has 13 heteroatoms. The minimum absolute atomic E-state index is 0.0611. The SMILES string of the molecule is CCC(Oc1ccc(-c2noc(C3CC3)n2)cc1)c1nc(-c2ccc(C(=O)N[C@@H](CC)COC(=O)CN)c(F)c2)no1. The Morgan fingerprint density at radius 3 is 2.40 bits per heavy atom. The molecule has 3 N–H and O–H groups in total. The van der Waals surface area contributed by atoms with Crippen LogP contribution < -0.4 is 15.8 Å². The lowest BCUT2D eigenvalue weighted by Gasteiger charge is -2.17. The van der Waals surface area contributed by atoms with E-state index in [-0.39, 0.29) is 30.4 Å². The molecule has 1 unspecified atom stereocenters. The van der Waals surface area contributed by atoms with Crippen molar-refractivity contribution in [1.82, 2.24) is 25.6 Å². The fraction of sp³-hybridized carbons (Fsp3) is 0.379. The Balaban J connectivity index is 1.22. The number of hydrogen-bond donors (Lipinski definition) is 2. The van der Waals surface area contributed by atoms with E-state index in [1.807, 2.05) is 19.1 Å². The fourth-order valence-corrected chi connectivity index (χ4v) is 4.10. The summed E-state index contributed by atoms with van der Waals surface area (Å²) in [5, 5.41) is 10.7.